The van der Waals surface area contributed by atoms with Crippen LogP contribution in [0.4, 0.5) is 0 Å². The maximum Gasteiger partial charge on any atom is 0.253 e. The van der Waals surface area contributed by atoms with E-state index in [1.165, 1.54) is 12.8 Å². The maximum atomic E-state index is 12.7. The Morgan fingerprint density at radius 1 is 1.04 bits per heavy atom. The number of nitrogens with zero attached hydrogens (tertiary/aromatic N) is 3. The van der Waals surface area contributed by atoms with E-state index in [9.17, 15) is 14.4 Å². The van der Waals surface area contributed by atoms with Crippen molar-refractivity contribution < 1.29 is 14.4 Å². The van der Waals surface area contributed by atoms with Crippen LogP contribution in [-0.2, 0) is 16.1 Å². The van der Waals surface area contributed by atoms with Crippen LogP contribution in [0.25, 0.3) is 0 Å². The van der Waals surface area contributed by atoms with Crippen LogP contribution >= 0.6 is 11.8 Å². The lowest BCUT2D eigenvalue weighted by atomic mass is 10.1. The Morgan fingerprint density at radius 3 is 2.44 bits per heavy atom. The van der Waals surface area contributed by atoms with Crippen molar-refractivity contribution >= 4 is 29.5 Å². The first-order chi connectivity index (χ1) is 13.1. The van der Waals surface area contributed by atoms with Crippen molar-refractivity contribution in [1.82, 2.24) is 14.7 Å². The zero-order valence-corrected chi connectivity index (χ0v) is 16.2. The molecule has 0 unspecified atom stereocenters. The summed E-state index contributed by atoms with van der Waals surface area (Å²) < 4.78 is 0. The van der Waals surface area contributed by atoms with Gasteiger partial charge in [0.25, 0.3) is 5.91 Å². The number of hydrogen-bond acceptors (Lipinski definition) is 4. The van der Waals surface area contributed by atoms with Gasteiger partial charge in [-0.25, -0.2) is 0 Å². The van der Waals surface area contributed by atoms with E-state index in [0.717, 1.165) is 31.5 Å². The first-order valence-electron chi connectivity index (χ1n) is 9.68. The van der Waals surface area contributed by atoms with Crippen LogP contribution in [0.2, 0.25) is 0 Å². The van der Waals surface area contributed by atoms with Crippen molar-refractivity contribution in [3.05, 3.63) is 35.4 Å². The van der Waals surface area contributed by atoms with Crippen LogP contribution in [-0.4, -0.2) is 69.7 Å². The molecule has 0 saturated carbocycles. The number of likely N-dealkylation sites (tertiary alicyclic amines) is 1. The zero-order valence-electron chi connectivity index (χ0n) is 15.4. The van der Waals surface area contributed by atoms with Crippen LogP contribution in [0.3, 0.4) is 0 Å². The highest BCUT2D eigenvalue weighted by Crippen LogP contribution is 2.26. The normalized spacial score (nSPS) is 23.4. The van der Waals surface area contributed by atoms with Gasteiger partial charge in [0.05, 0.1) is 5.88 Å². The average Bonchev–Trinajstić information content (AvgIpc) is 3.03. The summed E-state index contributed by atoms with van der Waals surface area (Å²) in [5, 5.41) is 0. The number of benzene rings is 1. The van der Waals surface area contributed by atoms with E-state index in [1.807, 2.05) is 29.2 Å². The topological polar surface area (TPSA) is 60.9 Å². The summed E-state index contributed by atoms with van der Waals surface area (Å²) in [6, 6.07) is 7.18. The van der Waals surface area contributed by atoms with Crippen LogP contribution in [0.15, 0.2) is 24.3 Å². The molecule has 0 aliphatic carbocycles. The van der Waals surface area contributed by atoms with Crippen molar-refractivity contribution in [2.45, 2.75) is 38.3 Å². The van der Waals surface area contributed by atoms with Gasteiger partial charge in [0.2, 0.25) is 11.8 Å². The average molecular weight is 388 g/mol. The summed E-state index contributed by atoms with van der Waals surface area (Å²) in [6.07, 6.45) is 4.54. The third-order valence-electron chi connectivity index (χ3n) is 5.59. The molecule has 3 fully saturated rings. The number of piperazine rings is 1. The van der Waals surface area contributed by atoms with E-state index in [-0.39, 0.29) is 30.3 Å². The minimum atomic E-state index is -0.305. The van der Waals surface area contributed by atoms with Crippen LogP contribution in [0, 0.1) is 0 Å². The highest BCUT2D eigenvalue weighted by Gasteiger charge is 2.42. The minimum absolute atomic E-state index is 0.0255. The lowest BCUT2D eigenvalue weighted by Crippen LogP contribution is -2.57. The standard InChI is InChI=1S/C20H25N3O3S/c24-18-12-22(20(26)17-13-27-14-23(17)18)11-15-5-7-16(8-6-15)19(25)21-9-3-1-2-4-10-21/h5-8,17H,1-4,9-14H2/t17-/m0/s1. The van der Waals surface area contributed by atoms with Crippen molar-refractivity contribution in [3.8, 4) is 0 Å². The molecule has 1 aromatic carbocycles. The van der Waals surface area contributed by atoms with Gasteiger partial charge in [0.1, 0.15) is 12.6 Å². The Hall–Kier alpha value is -2.02. The minimum Gasteiger partial charge on any atom is -0.339 e. The first kappa shape index (κ1) is 18.3. The molecule has 1 atom stereocenters. The molecular formula is C20H25N3O3S. The van der Waals surface area contributed by atoms with E-state index in [0.29, 0.717) is 23.7 Å². The molecule has 3 saturated heterocycles. The molecule has 0 spiro atoms. The largest absolute Gasteiger partial charge is 0.339 e. The molecule has 144 valence electrons. The third kappa shape index (κ3) is 3.83. The second kappa shape index (κ2) is 7.92. The van der Waals surface area contributed by atoms with Crippen LogP contribution in [0.5, 0.6) is 0 Å². The predicted molar refractivity (Wildman–Crippen MR) is 104 cm³/mol. The van der Waals surface area contributed by atoms with Gasteiger partial charge in [-0.2, -0.15) is 0 Å². The Bertz CT molecular complexity index is 728. The molecule has 6 nitrogen and oxygen atoms in total. The fraction of sp³-hybridized carbons (Fsp3) is 0.550. The second-order valence-electron chi connectivity index (χ2n) is 7.48. The molecule has 27 heavy (non-hydrogen) atoms. The van der Waals surface area contributed by atoms with Gasteiger partial charge in [-0.3, -0.25) is 14.4 Å². The SMILES string of the molecule is O=C(c1ccc(CN2CC(=O)N3CSC[C@H]3C2=O)cc1)N1CCCCCC1. The van der Waals surface area contributed by atoms with Crippen molar-refractivity contribution in [2.24, 2.45) is 0 Å². The molecular weight excluding hydrogens is 362 g/mol. The van der Waals surface area contributed by atoms with E-state index in [1.54, 1.807) is 21.6 Å². The molecule has 3 amide bonds. The van der Waals surface area contributed by atoms with Gasteiger partial charge in [-0.15, -0.1) is 11.8 Å². The molecule has 0 bridgehead atoms. The predicted octanol–water partition coefficient (Wildman–Crippen LogP) is 1.95. The van der Waals surface area contributed by atoms with Crippen molar-refractivity contribution in [2.75, 3.05) is 31.3 Å². The number of hydrogen-bond donors (Lipinski definition) is 0. The van der Waals surface area contributed by atoms with Gasteiger partial charge >= 0.3 is 0 Å². The van der Waals surface area contributed by atoms with Gasteiger partial charge in [0.15, 0.2) is 0 Å². The Morgan fingerprint density at radius 2 is 1.74 bits per heavy atom. The summed E-state index contributed by atoms with van der Waals surface area (Å²) in [6.45, 7) is 2.23. The molecule has 0 radical (unpaired) electrons. The summed E-state index contributed by atoms with van der Waals surface area (Å²) >= 11 is 1.63. The lowest BCUT2D eigenvalue weighted by molar-refractivity contribution is -0.153. The van der Waals surface area contributed by atoms with Crippen molar-refractivity contribution in [1.29, 1.82) is 0 Å². The van der Waals surface area contributed by atoms with Crippen molar-refractivity contribution in [3.63, 3.8) is 0 Å². The van der Waals surface area contributed by atoms with Crippen LogP contribution in [0.1, 0.15) is 41.6 Å². The highest BCUT2D eigenvalue weighted by atomic mass is 32.2. The Labute approximate surface area is 163 Å². The number of carbonyl (C=O) groups excluding carboxylic acids is 3. The summed E-state index contributed by atoms with van der Waals surface area (Å²) in [5.74, 6) is 1.45. The van der Waals surface area contributed by atoms with E-state index in [4.69, 9.17) is 0 Å². The first-order valence-corrected chi connectivity index (χ1v) is 10.8. The molecule has 7 heteroatoms. The second-order valence-corrected chi connectivity index (χ2v) is 8.48. The maximum absolute atomic E-state index is 12.7. The Kier molecular flexibility index (Phi) is 5.38. The summed E-state index contributed by atoms with van der Waals surface area (Å²) in [4.78, 5) is 42.8. The van der Waals surface area contributed by atoms with Crippen LogP contribution < -0.4 is 0 Å². The highest BCUT2D eigenvalue weighted by molar-refractivity contribution is 7.99. The monoisotopic (exact) mass is 387 g/mol. The van der Waals surface area contributed by atoms with Gasteiger partial charge in [-0.05, 0) is 30.5 Å². The molecule has 1 aromatic rings. The number of rotatable bonds is 3. The zero-order chi connectivity index (χ0) is 18.8. The number of fused-ring (bicyclic) bond motifs is 1. The Balaban J connectivity index is 1.41. The third-order valence-corrected chi connectivity index (χ3v) is 6.61. The quantitative estimate of drug-likeness (QED) is 0.795. The smallest absolute Gasteiger partial charge is 0.253 e. The van der Waals surface area contributed by atoms with Gasteiger partial charge in [0, 0.05) is 31.0 Å². The fourth-order valence-corrected chi connectivity index (χ4v) is 5.17. The van der Waals surface area contributed by atoms with Gasteiger partial charge < -0.3 is 14.7 Å². The number of carbonyl (C=O) groups is 3. The molecule has 0 aromatic heterocycles. The molecule has 0 N–H and O–H groups in total. The fourth-order valence-electron chi connectivity index (χ4n) is 4.00. The molecule has 3 heterocycles. The number of thioether (sulfide) groups is 1. The number of amides is 3. The van der Waals surface area contributed by atoms with E-state index >= 15 is 0 Å². The summed E-state index contributed by atoms with van der Waals surface area (Å²) in [7, 11) is 0. The molecule has 4 rings (SSSR count). The van der Waals surface area contributed by atoms with E-state index < -0.39 is 0 Å². The van der Waals surface area contributed by atoms with E-state index in [2.05, 4.69) is 0 Å². The van der Waals surface area contributed by atoms with Gasteiger partial charge in [-0.1, -0.05) is 25.0 Å². The summed E-state index contributed by atoms with van der Waals surface area (Å²) in [5.41, 5.74) is 1.64. The lowest BCUT2D eigenvalue weighted by Gasteiger charge is -2.35. The molecule has 3 aliphatic heterocycles. The molecule has 3 aliphatic rings.